The molecule has 156 valence electrons. The van der Waals surface area contributed by atoms with Gasteiger partial charge in [0.25, 0.3) is 0 Å². The lowest BCUT2D eigenvalue weighted by Gasteiger charge is -2.57. The molecule has 0 aromatic carbocycles. The van der Waals surface area contributed by atoms with Crippen LogP contribution in [0.2, 0.25) is 0 Å². The van der Waals surface area contributed by atoms with E-state index in [4.69, 9.17) is 4.74 Å². The number of rotatable bonds is 2. The predicted octanol–water partition coefficient (Wildman–Crippen LogP) is 4.95. The zero-order valence-electron chi connectivity index (χ0n) is 18.3. The normalized spacial score (nSPS) is 40.7. The van der Waals surface area contributed by atoms with E-state index in [1.54, 1.807) is 20.2 Å². The van der Waals surface area contributed by atoms with E-state index in [1.165, 1.54) is 49.7 Å². The number of nitrogens with zero attached hydrogens (tertiary/aromatic N) is 2. The molecule has 2 saturated carbocycles. The van der Waals surface area contributed by atoms with Crippen molar-refractivity contribution in [2.45, 2.75) is 65.3 Å². The van der Waals surface area contributed by atoms with Crippen LogP contribution in [0.15, 0.2) is 24.5 Å². The van der Waals surface area contributed by atoms with Crippen molar-refractivity contribution in [3.8, 4) is 5.75 Å². The second kappa shape index (κ2) is 6.58. The smallest absolute Gasteiger partial charge is 0.219 e. The number of hydrogen-bond donors (Lipinski definition) is 0. The molecule has 0 N–H and O–H groups in total. The van der Waals surface area contributed by atoms with Crippen molar-refractivity contribution < 1.29 is 9.53 Å². The van der Waals surface area contributed by atoms with E-state index in [0.29, 0.717) is 17.4 Å². The van der Waals surface area contributed by atoms with Gasteiger partial charge in [-0.1, -0.05) is 19.9 Å². The van der Waals surface area contributed by atoms with Crippen LogP contribution in [0.3, 0.4) is 0 Å². The second-order valence-electron chi connectivity index (χ2n) is 10.4. The maximum Gasteiger partial charge on any atom is 0.219 e. The Morgan fingerprint density at radius 3 is 2.76 bits per heavy atom. The number of carbonyl (C=O) groups excluding carboxylic acids is 1. The summed E-state index contributed by atoms with van der Waals surface area (Å²) >= 11 is 0. The first kappa shape index (κ1) is 19.1. The molecule has 3 fully saturated rings. The zero-order valence-corrected chi connectivity index (χ0v) is 18.3. The minimum absolute atomic E-state index is 0.233. The van der Waals surface area contributed by atoms with E-state index in [2.05, 4.69) is 35.9 Å². The molecule has 4 heteroatoms. The minimum atomic E-state index is 0.233. The summed E-state index contributed by atoms with van der Waals surface area (Å²) < 4.78 is 5.44. The third kappa shape index (κ3) is 2.63. The van der Waals surface area contributed by atoms with Crippen molar-refractivity contribution in [3.05, 3.63) is 30.1 Å². The highest BCUT2D eigenvalue weighted by Crippen LogP contribution is 2.66. The summed E-state index contributed by atoms with van der Waals surface area (Å²) in [6.45, 7) is 7.71. The van der Waals surface area contributed by atoms with Gasteiger partial charge in [-0.25, -0.2) is 0 Å². The Morgan fingerprint density at radius 2 is 2.00 bits per heavy atom. The number of amides is 1. The van der Waals surface area contributed by atoms with Crippen LogP contribution in [0.25, 0.3) is 5.57 Å². The fourth-order valence-corrected chi connectivity index (χ4v) is 7.89. The van der Waals surface area contributed by atoms with Gasteiger partial charge < -0.3 is 9.64 Å². The minimum Gasteiger partial charge on any atom is -0.495 e. The van der Waals surface area contributed by atoms with Crippen molar-refractivity contribution >= 4 is 11.5 Å². The summed E-state index contributed by atoms with van der Waals surface area (Å²) in [5.41, 5.74) is 3.25. The third-order valence-corrected chi connectivity index (χ3v) is 9.33. The molecule has 4 nitrogen and oxygen atoms in total. The first-order valence-corrected chi connectivity index (χ1v) is 11.4. The Morgan fingerprint density at radius 1 is 1.17 bits per heavy atom. The molecule has 1 saturated heterocycles. The van der Waals surface area contributed by atoms with Gasteiger partial charge in [0.1, 0.15) is 5.75 Å². The summed E-state index contributed by atoms with van der Waals surface area (Å²) in [6.07, 6.45) is 13.6. The van der Waals surface area contributed by atoms with E-state index < -0.39 is 0 Å². The lowest BCUT2D eigenvalue weighted by Crippen LogP contribution is -2.54. The maximum absolute atomic E-state index is 12.2. The van der Waals surface area contributed by atoms with Gasteiger partial charge >= 0.3 is 0 Å². The molecule has 5 unspecified atom stereocenters. The molecule has 0 bridgehead atoms. The number of likely N-dealkylation sites (tertiary alicyclic amines) is 1. The SMILES string of the molecule is COc1cncc(C2=CC[C@H]3C4CCC5N(C(C)=O)CCC5(C)C4CCC23C)c1. The fourth-order valence-electron chi connectivity index (χ4n) is 7.89. The maximum atomic E-state index is 12.2. The van der Waals surface area contributed by atoms with Gasteiger partial charge in [-0.3, -0.25) is 9.78 Å². The van der Waals surface area contributed by atoms with Gasteiger partial charge in [-0.2, -0.15) is 0 Å². The quantitative estimate of drug-likeness (QED) is 0.713. The first-order chi connectivity index (χ1) is 13.9. The highest BCUT2D eigenvalue weighted by atomic mass is 16.5. The van der Waals surface area contributed by atoms with E-state index >= 15 is 0 Å². The number of fused-ring (bicyclic) bond motifs is 5. The summed E-state index contributed by atoms with van der Waals surface area (Å²) in [4.78, 5) is 18.8. The number of methoxy groups -OCH3 is 1. The van der Waals surface area contributed by atoms with E-state index in [1.807, 2.05) is 6.20 Å². The lowest BCUT2D eigenvalue weighted by atomic mass is 9.48. The van der Waals surface area contributed by atoms with Crippen molar-refractivity contribution in [2.24, 2.45) is 28.6 Å². The molecule has 1 amide bonds. The highest BCUT2D eigenvalue weighted by Gasteiger charge is 2.60. The van der Waals surface area contributed by atoms with Crippen LogP contribution in [0, 0.1) is 28.6 Å². The summed E-state index contributed by atoms with van der Waals surface area (Å²) in [5.74, 6) is 3.35. The molecular weight excluding hydrogens is 360 g/mol. The van der Waals surface area contributed by atoms with Crippen LogP contribution in [0.1, 0.15) is 64.9 Å². The number of carbonyl (C=O) groups is 1. The van der Waals surface area contributed by atoms with Gasteiger partial charge in [-0.05, 0) is 84.3 Å². The van der Waals surface area contributed by atoms with Crippen LogP contribution in [-0.2, 0) is 4.79 Å². The molecule has 5 rings (SSSR count). The molecule has 0 radical (unpaired) electrons. The molecule has 6 atom stereocenters. The highest BCUT2D eigenvalue weighted by molar-refractivity contribution is 5.74. The van der Waals surface area contributed by atoms with Crippen LogP contribution >= 0.6 is 0 Å². The van der Waals surface area contributed by atoms with E-state index in [9.17, 15) is 4.79 Å². The molecular formula is C25H34N2O2. The van der Waals surface area contributed by atoms with Crippen LogP contribution in [0.5, 0.6) is 5.75 Å². The molecule has 0 spiro atoms. The molecule has 1 aromatic heterocycles. The van der Waals surface area contributed by atoms with Gasteiger partial charge in [0.2, 0.25) is 5.91 Å². The van der Waals surface area contributed by atoms with Crippen LogP contribution < -0.4 is 4.74 Å². The zero-order chi connectivity index (χ0) is 20.4. The third-order valence-electron chi connectivity index (χ3n) is 9.33. The van der Waals surface area contributed by atoms with Crippen molar-refractivity contribution in [3.63, 3.8) is 0 Å². The molecule has 4 aliphatic rings. The summed E-state index contributed by atoms with van der Waals surface area (Å²) in [7, 11) is 1.71. The summed E-state index contributed by atoms with van der Waals surface area (Å²) in [6, 6.07) is 2.61. The monoisotopic (exact) mass is 394 g/mol. The van der Waals surface area contributed by atoms with Gasteiger partial charge in [0.15, 0.2) is 0 Å². The number of ether oxygens (including phenoxy) is 1. The van der Waals surface area contributed by atoms with Crippen LogP contribution in [0.4, 0.5) is 0 Å². The Hall–Kier alpha value is -1.84. The van der Waals surface area contributed by atoms with Crippen molar-refractivity contribution in [1.29, 1.82) is 0 Å². The number of pyridine rings is 1. The Labute approximate surface area is 174 Å². The molecule has 3 aliphatic carbocycles. The van der Waals surface area contributed by atoms with Gasteiger partial charge in [0.05, 0.1) is 13.3 Å². The average molecular weight is 395 g/mol. The van der Waals surface area contributed by atoms with Crippen LogP contribution in [-0.4, -0.2) is 35.5 Å². The summed E-state index contributed by atoms with van der Waals surface area (Å²) in [5, 5.41) is 0. The Bertz CT molecular complexity index is 864. The standard InChI is InChI=1S/C25H34N2O2/c1-16(28)27-12-11-25(3)22-9-10-24(2)20(17-13-18(29-4)15-26-14-17)6-7-21(24)19(22)5-8-23(25)27/h6,13-15,19,21-23H,5,7-12H2,1-4H3/t19?,21-,22?,23?,24?,25?/m0/s1. The van der Waals surface area contributed by atoms with Gasteiger partial charge in [-0.15, -0.1) is 0 Å². The molecule has 2 heterocycles. The molecule has 29 heavy (non-hydrogen) atoms. The average Bonchev–Trinajstić information content (AvgIpc) is 3.25. The fraction of sp³-hybridized carbons (Fsp3) is 0.680. The second-order valence-corrected chi connectivity index (χ2v) is 10.4. The number of allylic oxidation sites excluding steroid dienone is 2. The molecule has 1 aliphatic heterocycles. The Kier molecular flexibility index (Phi) is 4.34. The van der Waals surface area contributed by atoms with Crippen molar-refractivity contribution in [1.82, 2.24) is 9.88 Å². The van der Waals surface area contributed by atoms with E-state index in [-0.39, 0.29) is 11.3 Å². The van der Waals surface area contributed by atoms with E-state index in [0.717, 1.165) is 24.1 Å². The number of aromatic nitrogens is 1. The molecule has 1 aromatic rings. The Balaban J connectivity index is 1.43. The topological polar surface area (TPSA) is 42.4 Å². The largest absolute Gasteiger partial charge is 0.495 e. The van der Waals surface area contributed by atoms with Gasteiger partial charge in [0, 0.05) is 25.7 Å². The predicted molar refractivity (Wildman–Crippen MR) is 114 cm³/mol. The first-order valence-electron chi connectivity index (χ1n) is 11.4. The van der Waals surface area contributed by atoms with Crippen molar-refractivity contribution in [2.75, 3.05) is 13.7 Å². The number of hydrogen-bond acceptors (Lipinski definition) is 3. The lowest BCUT2D eigenvalue weighted by molar-refractivity contribution is -0.134.